The highest BCUT2D eigenvalue weighted by atomic mass is 32.1. The maximum absolute atomic E-state index is 15.0. The van der Waals surface area contributed by atoms with Crippen LogP contribution in [0.3, 0.4) is 0 Å². The third-order valence-corrected chi connectivity index (χ3v) is 6.72. The van der Waals surface area contributed by atoms with Gasteiger partial charge in [-0.3, -0.25) is 0 Å². The summed E-state index contributed by atoms with van der Waals surface area (Å²) in [7, 11) is 3.65. The molecule has 0 aliphatic carbocycles. The number of benzene rings is 1. The van der Waals surface area contributed by atoms with Crippen molar-refractivity contribution < 1.29 is 9.13 Å². The van der Waals surface area contributed by atoms with Crippen molar-refractivity contribution in [3.8, 4) is 17.0 Å². The van der Waals surface area contributed by atoms with Crippen molar-refractivity contribution in [1.82, 2.24) is 24.9 Å². The zero-order valence-corrected chi connectivity index (χ0v) is 18.0. The number of nitrogens with zero attached hydrogens (tertiary/aromatic N) is 5. The number of aromatic nitrogens is 4. The molecular weight excluding hydrogens is 403 g/mol. The first kappa shape index (κ1) is 19.2. The molecular formula is C21H23FN6OS. The van der Waals surface area contributed by atoms with Gasteiger partial charge in [0, 0.05) is 24.7 Å². The number of piperidine rings is 1. The smallest absolute Gasteiger partial charge is 0.196 e. The highest BCUT2D eigenvalue weighted by Gasteiger charge is 2.22. The number of fused-ring (bicyclic) bond motifs is 2. The van der Waals surface area contributed by atoms with Crippen LogP contribution in [-0.4, -0.2) is 52.9 Å². The second-order valence-corrected chi connectivity index (χ2v) is 8.65. The topological polar surface area (TPSA) is 67.6 Å². The Morgan fingerprint density at radius 1 is 1.23 bits per heavy atom. The molecule has 0 bridgehead atoms. The Kier molecular flexibility index (Phi) is 4.79. The molecule has 9 heteroatoms. The number of aryl methyl sites for hydroxylation is 1. The molecule has 7 nitrogen and oxygen atoms in total. The molecule has 0 unspecified atom stereocenters. The van der Waals surface area contributed by atoms with Crippen molar-refractivity contribution in [2.75, 3.05) is 32.1 Å². The Balaban J connectivity index is 1.57. The molecule has 4 aromatic rings. The molecule has 4 heterocycles. The standard InChI is InChI=1S/C21H23FN6OS/c1-12-11-28-20(24-12)17(29-3)10-16(26-28)13-8-15(22)19-18(9-13)30-21(25-19)27(2)14-4-6-23-7-5-14/h8-11,14,23H,4-7H2,1-3H3. The summed E-state index contributed by atoms with van der Waals surface area (Å²) in [5, 5.41) is 8.84. The van der Waals surface area contributed by atoms with Gasteiger partial charge in [-0.05, 0) is 45.0 Å². The van der Waals surface area contributed by atoms with Crippen molar-refractivity contribution in [2.45, 2.75) is 25.8 Å². The lowest BCUT2D eigenvalue weighted by molar-refractivity contribution is 0.416. The highest BCUT2D eigenvalue weighted by Crippen LogP contribution is 2.35. The minimum Gasteiger partial charge on any atom is -0.493 e. The quantitative estimate of drug-likeness (QED) is 0.537. The Morgan fingerprint density at radius 3 is 2.80 bits per heavy atom. The summed E-state index contributed by atoms with van der Waals surface area (Å²) in [6, 6.07) is 5.67. The number of rotatable bonds is 4. The maximum atomic E-state index is 15.0. The van der Waals surface area contributed by atoms with Gasteiger partial charge in [0.15, 0.2) is 22.3 Å². The van der Waals surface area contributed by atoms with Crippen LogP contribution in [0, 0.1) is 12.7 Å². The van der Waals surface area contributed by atoms with Gasteiger partial charge in [-0.25, -0.2) is 18.9 Å². The summed E-state index contributed by atoms with van der Waals surface area (Å²) in [5.41, 5.74) is 3.20. The summed E-state index contributed by atoms with van der Waals surface area (Å²) < 4.78 is 23.0. The molecule has 1 aliphatic heterocycles. The monoisotopic (exact) mass is 426 g/mol. The lowest BCUT2D eigenvalue weighted by atomic mass is 10.1. The second kappa shape index (κ2) is 7.48. The first-order chi connectivity index (χ1) is 14.5. The first-order valence-electron chi connectivity index (χ1n) is 9.98. The van der Waals surface area contributed by atoms with Crippen molar-refractivity contribution >= 4 is 32.3 Å². The van der Waals surface area contributed by atoms with Gasteiger partial charge in [-0.2, -0.15) is 5.10 Å². The molecule has 0 saturated carbocycles. The average Bonchev–Trinajstić information content (AvgIpc) is 3.36. The lowest BCUT2D eigenvalue weighted by Gasteiger charge is -2.31. The molecule has 0 amide bonds. The largest absolute Gasteiger partial charge is 0.493 e. The molecule has 0 spiro atoms. The molecule has 0 atom stereocenters. The molecule has 1 aliphatic rings. The van der Waals surface area contributed by atoms with E-state index in [0.29, 0.717) is 34.2 Å². The van der Waals surface area contributed by atoms with Crippen LogP contribution in [-0.2, 0) is 0 Å². The fraction of sp³-hybridized carbons (Fsp3) is 0.381. The van der Waals surface area contributed by atoms with E-state index in [0.717, 1.165) is 41.5 Å². The minimum absolute atomic E-state index is 0.341. The van der Waals surface area contributed by atoms with Gasteiger partial charge < -0.3 is 15.0 Å². The second-order valence-electron chi connectivity index (χ2n) is 7.64. The Hall–Kier alpha value is -2.78. The van der Waals surface area contributed by atoms with Gasteiger partial charge in [0.2, 0.25) is 0 Å². The van der Waals surface area contributed by atoms with E-state index in [4.69, 9.17) is 4.74 Å². The van der Waals surface area contributed by atoms with Gasteiger partial charge >= 0.3 is 0 Å². The van der Waals surface area contributed by atoms with E-state index in [1.54, 1.807) is 17.7 Å². The van der Waals surface area contributed by atoms with E-state index >= 15 is 0 Å². The number of ether oxygens (including phenoxy) is 1. The molecule has 156 valence electrons. The highest BCUT2D eigenvalue weighted by molar-refractivity contribution is 7.22. The molecule has 1 aromatic carbocycles. The predicted octanol–water partition coefficient (Wildman–Crippen LogP) is 3.65. The van der Waals surface area contributed by atoms with E-state index in [9.17, 15) is 4.39 Å². The normalized spacial score (nSPS) is 15.2. The van der Waals surface area contributed by atoms with Crippen LogP contribution in [0.1, 0.15) is 18.5 Å². The van der Waals surface area contributed by atoms with E-state index in [1.807, 2.05) is 26.2 Å². The Bertz CT molecular complexity index is 1230. The van der Waals surface area contributed by atoms with Crippen LogP contribution in [0.4, 0.5) is 9.52 Å². The van der Waals surface area contributed by atoms with Crippen molar-refractivity contribution in [3.63, 3.8) is 0 Å². The number of anilines is 1. The molecule has 30 heavy (non-hydrogen) atoms. The predicted molar refractivity (Wildman–Crippen MR) is 117 cm³/mol. The molecule has 1 N–H and O–H groups in total. The fourth-order valence-electron chi connectivity index (χ4n) is 3.98. The molecule has 1 saturated heterocycles. The number of halogens is 1. The Morgan fingerprint density at radius 2 is 2.03 bits per heavy atom. The van der Waals surface area contributed by atoms with Gasteiger partial charge in [-0.15, -0.1) is 0 Å². The zero-order valence-electron chi connectivity index (χ0n) is 17.1. The summed E-state index contributed by atoms with van der Waals surface area (Å²) >= 11 is 1.52. The van der Waals surface area contributed by atoms with E-state index in [1.165, 1.54) is 17.4 Å². The van der Waals surface area contributed by atoms with E-state index < -0.39 is 0 Å². The number of nitrogens with one attached hydrogen (secondary N) is 1. The van der Waals surface area contributed by atoms with Gasteiger partial charge in [0.05, 0.1) is 29.4 Å². The van der Waals surface area contributed by atoms with Crippen LogP contribution in [0.25, 0.3) is 27.1 Å². The van der Waals surface area contributed by atoms with Crippen LogP contribution in [0.5, 0.6) is 5.75 Å². The van der Waals surface area contributed by atoms with E-state index in [2.05, 4.69) is 25.3 Å². The van der Waals surface area contributed by atoms with Crippen LogP contribution < -0.4 is 15.0 Å². The summed E-state index contributed by atoms with van der Waals surface area (Å²) in [6.07, 6.45) is 3.96. The number of hydrogen-bond acceptors (Lipinski definition) is 7. The molecule has 3 aromatic heterocycles. The van der Waals surface area contributed by atoms with Crippen molar-refractivity contribution in [1.29, 1.82) is 0 Å². The third kappa shape index (κ3) is 3.27. The fourth-order valence-corrected chi connectivity index (χ4v) is 5.03. The molecule has 0 radical (unpaired) electrons. The van der Waals surface area contributed by atoms with Gasteiger partial charge in [0.1, 0.15) is 5.52 Å². The molecule has 5 rings (SSSR count). The van der Waals surface area contributed by atoms with E-state index in [-0.39, 0.29) is 5.82 Å². The zero-order chi connectivity index (χ0) is 20.8. The van der Waals surface area contributed by atoms with Gasteiger partial charge in [0.25, 0.3) is 0 Å². The number of hydrogen-bond donors (Lipinski definition) is 1. The number of methoxy groups -OCH3 is 1. The lowest BCUT2D eigenvalue weighted by Crippen LogP contribution is -2.41. The first-order valence-corrected chi connectivity index (χ1v) is 10.8. The Labute approximate surface area is 177 Å². The maximum Gasteiger partial charge on any atom is 0.196 e. The van der Waals surface area contributed by atoms with Crippen molar-refractivity contribution in [2.24, 2.45) is 0 Å². The summed E-state index contributed by atoms with van der Waals surface area (Å²) in [5.74, 6) is 0.260. The third-order valence-electron chi connectivity index (χ3n) is 5.62. The summed E-state index contributed by atoms with van der Waals surface area (Å²) in [6.45, 7) is 3.90. The van der Waals surface area contributed by atoms with Crippen molar-refractivity contribution in [3.05, 3.63) is 35.9 Å². The van der Waals surface area contributed by atoms with Crippen LogP contribution in [0.15, 0.2) is 24.4 Å². The number of imidazole rings is 1. The summed E-state index contributed by atoms with van der Waals surface area (Å²) in [4.78, 5) is 11.2. The SMILES string of the molecule is COc1cc(-c2cc(F)c3nc(N(C)C4CCNCC4)sc3c2)nn2cc(C)nc12. The van der Waals surface area contributed by atoms with Crippen LogP contribution >= 0.6 is 11.3 Å². The van der Waals surface area contributed by atoms with Crippen LogP contribution in [0.2, 0.25) is 0 Å². The number of thiazole rings is 1. The average molecular weight is 427 g/mol. The minimum atomic E-state index is -0.341. The molecule has 1 fully saturated rings. The van der Waals surface area contributed by atoms with Gasteiger partial charge in [-0.1, -0.05) is 11.3 Å².